The van der Waals surface area contributed by atoms with Crippen molar-refractivity contribution in [3.63, 3.8) is 0 Å². The van der Waals surface area contributed by atoms with Crippen molar-refractivity contribution >= 4 is 0 Å². The minimum atomic E-state index is 0.284. The molecule has 1 aliphatic carbocycles. The van der Waals surface area contributed by atoms with E-state index in [0.29, 0.717) is 18.0 Å². The number of aromatic nitrogens is 6. The number of nitrogens with zero attached hydrogens (tertiary/aromatic N) is 6. The zero-order valence-electron chi connectivity index (χ0n) is 14.2. The van der Waals surface area contributed by atoms with Gasteiger partial charge in [-0.3, -0.25) is 0 Å². The molecule has 1 saturated carbocycles. The van der Waals surface area contributed by atoms with E-state index >= 15 is 0 Å². The standard InChI is InChI=1S/C16H26N6/c1-10(2)15-20-18-14(22(15)13-6-7-13)8-12(5)16-19-17-9-21(16)11(3)4/h9-13H,6-8H2,1-5H3. The molecule has 120 valence electrons. The van der Waals surface area contributed by atoms with Crippen molar-refractivity contribution in [1.29, 1.82) is 0 Å². The summed E-state index contributed by atoms with van der Waals surface area (Å²) in [6.45, 7) is 10.9. The maximum atomic E-state index is 4.48. The van der Waals surface area contributed by atoms with Gasteiger partial charge in [0.15, 0.2) is 0 Å². The van der Waals surface area contributed by atoms with E-state index in [-0.39, 0.29) is 5.92 Å². The van der Waals surface area contributed by atoms with Gasteiger partial charge in [-0.05, 0) is 26.7 Å². The summed E-state index contributed by atoms with van der Waals surface area (Å²) in [6.07, 6.45) is 5.19. The second-order valence-corrected chi connectivity index (χ2v) is 7.03. The monoisotopic (exact) mass is 302 g/mol. The van der Waals surface area contributed by atoms with E-state index in [2.05, 4.69) is 64.1 Å². The van der Waals surface area contributed by atoms with Gasteiger partial charge in [0.25, 0.3) is 0 Å². The van der Waals surface area contributed by atoms with Gasteiger partial charge in [-0.1, -0.05) is 20.8 Å². The first-order chi connectivity index (χ1) is 10.5. The first-order valence-corrected chi connectivity index (χ1v) is 8.32. The first kappa shape index (κ1) is 15.2. The van der Waals surface area contributed by atoms with Crippen LogP contribution in [0, 0.1) is 0 Å². The highest BCUT2D eigenvalue weighted by Gasteiger charge is 2.31. The third-order valence-corrected chi connectivity index (χ3v) is 4.31. The van der Waals surface area contributed by atoms with E-state index in [1.165, 1.54) is 12.8 Å². The fourth-order valence-corrected chi connectivity index (χ4v) is 2.97. The third-order valence-electron chi connectivity index (χ3n) is 4.31. The van der Waals surface area contributed by atoms with Gasteiger partial charge in [-0.25, -0.2) is 0 Å². The molecule has 1 aliphatic rings. The predicted octanol–water partition coefficient (Wildman–Crippen LogP) is 3.26. The lowest BCUT2D eigenvalue weighted by Crippen LogP contribution is -2.14. The average Bonchev–Trinajstić information content (AvgIpc) is 3.02. The SMILES string of the molecule is CC(C)c1nnc(CC(C)c2nncn2C(C)C)n1C1CC1. The zero-order chi connectivity index (χ0) is 15.9. The van der Waals surface area contributed by atoms with Gasteiger partial charge in [-0.2, -0.15) is 0 Å². The van der Waals surface area contributed by atoms with Crippen LogP contribution in [0.3, 0.4) is 0 Å². The van der Waals surface area contributed by atoms with Crippen LogP contribution in [0.15, 0.2) is 6.33 Å². The van der Waals surface area contributed by atoms with Crippen LogP contribution < -0.4 is 0 Å². The van der Waals surface area contributed by atoms with Crippen LogP contribution in [0.2, 0.25) is 0 Å². The summed E-state index contributed by atoms with van der Waals surface area (Å²) in [7, 11) is 0. The predicted molar refractivity (Wildman–Crippen MR) is 84.9 cm³/mol. The first-order valence-electron chi connectivity index (χ1n) is 8.32. The van der Waals surface area contributed by atoms with Crippen molar-refractivity contribution in [2.45, 2.75) is 77.8 Å². The Labute approximate surface area is 132 Å². The smallest absolute Gasteiger partial charge is 0.136 e. The van der Waals surface area contributed by atoms with Gasteiger partial charge in [0.2, 0.25) is 0 Å². The summed E-state index contributed by atoms with van der Waals surface area (Å²) >= 11 is 0. The summed E-state index contributed by atoms with van der Waals surface area (Å²) in [4.78, 5) is 0. The molecule has 6 nitrogen and oxygen atoms in total. The Balaban J connectivity index is 1.85. The summed E-state index contributed by atoms with van der Waals surface area (Å²) < 4.78 is 4.52. The van der Waals surface area contributed by atoms with Gasteiger partial charge in [0.1, 0.15) is 23.8 Å². The minimum absolute atomic E-state index is 0.284. The molecule has 1 atom stereocenters. The molecule has 3 rings (SSSR count). The lowest BCUT2D eigenvalue weighted by molar-refractivity contribution is 0.521. The van der Waals surface area contributed by atoms with Crippen LogP contribution in [-0.4, -0.2) is 29.5 Å². The number of rotatable bonds is 6. The van der Waals surface area contributed by atoms with Crippen molar-refractivity contribution in [2.24, 2.45) is 0 Å². The molecule has 2 aromatic rings. The van der Waals surface area contributed by atoms with E-state index in [1.807, 2.05) is 6.33 Å². The second-order valence-electron chi connectivity index (χ2n) is 7.03. The Morgan fingerprint density at radius 3 is 2.36 bits per heavy atom. The molecule has 0 saturated heterocycles. The lowest BCUT2D eigenvalue weighted by Gasteiger charge is -2.16. The van der Waals surface area contributed by atoms with Crippen molar-refractivity contribution in [2.75, 3.05) is 0 Å². The molecular weight excluding hydrogens is 276 g/mol. The zero-order valence-corrected chi connectivity index (χ0v) is 14.2. The van der Waals surface area contributed by atoms with Gasteiger partial charge in [0, 0.05) is 30.3 Å². The molecule has 1 fully saturated rings. The van der Waals surface area contributed by atoms with E-state index in [1.54, 1.807) is 0 Å². The van der Waals surface area contributed by atoms with Crippen molar-refractivity contribution < 1.29 is 0 Å². The molecule has 22 heavy (non-hydrogen) atoms. The lowest BCUT2D eigenvalue weighted by atomic mass is 10.1. The molecular formula is C16H26N6. The van der Waals surface area contributed by atoms with Crippen LogP contribution in [0.25, 0.3) is 0 Å². The van der Waals surface area contributed by atoms with Crippen LogP contribution >= 0.6 is 0 Å². The van der Waals surface area contributed by atoms with Crippen molar-refractivity contribution in [3.8, 4) is 0 Å². The average molecular weight is 302 g/mol. The van der Waals surface area contributed by atoms with E-state index in [4.69, 9.17) is 0 Å². The van der Waals surface area contributed by atoms with E-state index in [9.17, 15) is 0 Å². The highest BCUT2D eigenvalue weighted by atomic mass is 15.3. The number of hydrogen-bond donors (Lipinski definition) is 0. The molecule has 0 aromatic carbocycles. The second kappa shape index (κ2) is 5.82. The van der Waals surface area contributed by atoms with Gasteiger partial charge < -0.3 is 9.13 Å². The van der Waals surface area contributed by atoms with E-state index in [0.717, 1.165) is 23.9 Å². The topological polar surface area (TPSA) is 61.4 Å². The Morgan fingerprint density at radius 2 is 1.77 bits per heavy atom. The van der Waals surface area contributed by atoms with Crippen LogP contribution in [0.4, 0.5) is 0 Å². The number of hydrogen-bond acceptors (Lipinski definition) is 4. The molecule has 0 aliphatic heterocycles. The van der Waals surface area contributed by atoms with Gasteiger partial charge in [-0.15, -0.1) is 20.4 Å². The molecule has 0 radical (unpaired) electrons. The summed E-state index contributed by atoms with van der Waals surface area (Å²) in [5.74, 6) is 3.95. The normalized spacial score (nSPS) is 16.7. The van der Waals surface area contributed by atoms with Crippen molar-refractivity contribution in [1.82, 2.24) is 29.5 Å². The Morgan fingerprint density at radius 1 is 1.05 bits per heavy atom. The highest BCUT2D eigenvalue weighted by Crippen LogP contribution is 2.38. The summed E-state index contributed by atoms with van der Waals surface area (Å²) in [5.41, 5.74) is 0. The molecule has 0 N–H and O–H groups in total. The van der Waals surface area contributed by atoms with Gasteiger partial charge >= 0.3 is 0 Å². The molecule has 1 unspecified atom stereocenters. The largest absolute Gasteiger partial charge is 0.315 e. The molecule has 6 heteroatoms. The fraction of sp³-hybridized carbons (Fsp3) is 0.750. The van der Waals surface area contributed by atoms with Gasteiger partial charge in [0.05, 0.1) is 0 Å². The van der Waals surface area contributed by atoms with Crippen LogP contribution in [0.5, 0.6) is 0 Å². The Bertz CT molecular complexity index is 635. The molecule has 0 bridgehead atoms. The Hall–Kier alpha value is -1.72. The molecule has 0 spiro atoms. The fourth-order valence-electron chi connectivity index (χ4n) is 2.97. The summed E-state index contributed by atoms with van der Waals surface area (Å²) in [5, 5.41) is 17.3. The quantitative estimate of drug-likeness (QED) is 0.821. The Kier molecular flexibility index (Phi) is 4.02. The molecule has 0 amide bonds. The van der Waals surface area contributed by atoms with Crippen LogP contribution in [-0.2, 0) is 6.42 Å². The van der Waals surface area contributed by atoms with Crippen molar-refractivity contribution in [3.05, 3.63) is 23.8 Å². The molecule has 2 aromatic heterocycles. The minimum Gasteiger partial charge on any atom is -0.315 e. The summed E-state index contributed by atoms with van der Waals surface area (Å²) in [6, 6.07) is 0.984. The van der Waals surface area contributed by atoms with E-state index < -0.39 is 0 Å². The van der Waals surface area contributed by atoms with Crippen LogP contribution in [0.1, 0.15) is 88.9 Å². The molecule has 2 heterocycles. The highest BCUT2D eigenvalue weighted by molar-refractivity contribution is 5.09. The maximum absolute atomic E-state index is 4.48. The maximum Gasteiger partial charge on any atom is 0.136 e. The third kappa shape index (κ3) is 2.78.